The minimum Gasteiger partial charge on any atom is -0.477 e. The van der Waals surface area contributed by atoms with Gasteiger partial charge in [0.2, 0.25) is 5.88 Å². The highest BCUT2D eigenvalue weighted by molar-refractivity contribution is 6.20. The lowest BCUT2D eigenvalue weighted by molar-refractivity contribution is 0.302. The maximum absolute atomic E-state index is 6.13. The van der Waals surface area contributed by atoms with Crippen molar-refractivity contribution in [2.45, 2.75) is 44.9 Å². The molecular formula is C12H19ClN2O. The number of alkyl halides is 1. The lowest BCUT2D eigenvalue weighted by Gasteiger charge is -2.16. The second-order valence-corrected chi connectivity index (χ2v) is 4.51. The van der Waals surface area contributed by atoms with E-state index in [-0.39, 0.29) is 11.3 Å². The van der Waals surface area contributed by atoms with E-state index in [0.717, 1.165) is 18.5 Å². The Morgan fingerprint density at radius 2 is 2.12 bits per heavy atom. The molecule has 0 aliphatic carbocycles. The highest BCUT2D eigenvalue weighted by Crippen LogP contribution is 2.25. The van der Waals surface area contributed by atoms with Gasteiger partial charge in [-0.25, -0.2) is 4.98 Å². The molecule has 0 N–H and O–H groups in total. The Morgan fingerprint density at radius 3 is 2.69 bits per heavy atom. The Bertz CT molecular complexity index is 318. The number of halogens is 1. The Balaban J connectivity index is 2.79. The molecule has 0 aliphatic heterocycles. The molecule has 0 saturated heterocycles. The summed E-state index contributed by atoms with van der Waals surface area (Å²) in [5.41, 5.74) is 0.915. The van der Waals surface area contributed by atoms with E-state index in [9.17, 15) is 0 Å². The van der Waals surface area contributed by atoms with E-state index in [1.807, 2.05) is 6.92 Å². The van der Waals surface area contributed by atoms with E-state index in [0.29, 0.717) is 12.5 Å². The fraction of sp³-hybridized carbons (Fsp3) is 0.667. The summed E-state index contributed by atoms with van der Waals surface area (Å²) in [6.45, 7) is 6.82. The molecule has 16 heavy (non-hydrogen) atoms. The second kappa shape index (κ2) is 6.69. The van der Waals surface area contributed by atoms with Gasteiger partial charge in [0.15, 0.2) is 0 Å². The minimum absolute atomic E-state index is 0.0562. The van der Waals surface area contributed by atoms with Crippen molar-refractivity contribution in [2.75, 3.05) is 6.61 Å². The molecule has 2 unspecified atom stereocenters. The molecule has 0 saturated carbocycles. The molecule has 0 aliphatic rings. The third-order valence-electron chi connectivity index (χ3n) is 2.46. The van der Waals surface area contributed by atoms with Crippen LogP contribution in [-0.4, -0.2) is 22.0 Å². The quantitative estimate of drug-likeness (QED) is 0.718. The topological polar surface area (TPSA) is 35.0 Å². The highest BCUT2D eigenvalue weighted by atomic mass is 35.5. The largest absolute Gasteiger partial charge is 0.477 e. The third-order valence-corrected chi connectivity index (χ3v) is 2.76. The normalized spacial score (nSPS) is 14.5. The van der Waals surface area contributed by atoms with Gasteiger partial charge in [-0.15, -0.1) is 11.6 Å². The fourth-order valence-electron chi connectivity index (χ4n) is 1.59. The number of aromatic nitrogens is 2. The standard InChI is InChI=1S/C12H19ClN2O/c1-4-6-16-12-8-14-7-11(15-12)10(5-2)9(3)13/h7-10H,4-6H2,1-3H3. The summed E-state index contributed by atoms with van der Waals surface area (Å²) in [5.74, 6) is 0.828. The van der Waals surface area contributed by atoms with E-state index < -0.39 is 0 Å². The van der Waals surface area contributed by atoms with Crippen LogP contribution in [0.3, 0.4) is 0 Å². The molecule has 0 radical (unpaired) electrons. The summed E-state index contributed by atoms with van der Waals surface area (Å²) in [6.07, 6.45) is 5.34. The van der Waals surface area contributed by atoms with E-state index in [4.69, 9.17) is 16.3 Å². The molecule has 0 bridgehead atoms. The van der Waals surface area contributed by atoms with Crippen LogP contribution in [0, 0.1) is 0 Å². The van der Waals surface area contributed by atoms with Gasteiger partial charge in [-0.3, -0.25) is 4.98 Å². The van der Waals surface area contributed by atoms with Gasteiger partial charge >= 0.3 is 0 Å². The predicted molar refractivity (Wildman–Crippen MR) is 66.2 cm³/mol. The lowest BCUT2D eigenvalue weighted by Crippen LogP contribution is -2.11. The summed E-state index contributed by atoms with van der Waals surface area (Å²) in [4.78, 5) is 8.58. The summed E-state index contributed by atoms with van der Waals surface area (Å²) >= 11 is 6.13. The molecule has 1 aromatic heterocycles. The fourth-order valence-corrected chi connectivity index (χ4v) is 1.89. The van der Waals surface area contributed by atoms with Crippen LogP contribution in [-0.2, 0) is 0 Å². The maximum atomic E-state index is 6.13. The van der Waals surface area contributed by atoms with Crippen LogP contribution in [0.25, 0.3) is 0 Å². The van der Waals surface area contributed by atoms with Gasteiger partial charge in [0.25, 0.3) is 0 Å². The van der Waals surface area contributed by atoms with E-state index in [1.165, 1.54) is 0 Å². The Kier molecular flexibility index (Phi) is 5.53. The number of hydrogen-bond donors (Lipinski definition) is 0. The molecule has 4 heteroatoms. The van der Waals surface area contributed by atoms with Crippen LogP contribution < -0.4 is 4.74 Å². The Labute approximate surface area is 102 Å². The summed E-state index contributed by atoms with van der Waals surface area (Å²) in [6, 6.07) is 0. The van der Waals surface area contributed by atoms with Crippen molar-refractivity contribution >= 4 is 11.6 Å². The summed E-state index contributed by atoms with van der Waals surface area (Å²) in [5, 5.41) is 0.0562. The predicted octanol–water partition coefficient (Wildman–Crippen LogP) is 3.39. The van der Waals surface area contributed by atoms with Gasteiger partial charge in [0.05, 0.1) is 18.5 Å². The van der Waals surface area contributed by atoms with Gasteiger partial charge in [-0.1, -0.05) is 13.8 Å². The van der Waals surface area contributed by atoms with E-state index in [2.05, 4.69) is 23.8 Å². The SMILES string of the molecule is CCCOc1cncc(C(CC)C(C)Cl)n1. The maximum Gasteiger partial charge on any atom is 0.232 e. The van der Waals surface area contributed by atoms with Crippen LogP contribution in [0.15, 0.2) is 12.4 Å². The van der Waals surface area contributed by atoms with Crippen LogP contribution in [0.5, 0.6) is 5.88 Å². The van der Waals surface area contributed by atoms with Gasteiger partial charge in [-0.05, 0) is 19.8 Å². The van der Waals surface area contributed by atoms with Gasteiger partial charge in [0, 0.05) is 17.5 Å². The molecule has 0 spiro atoms. The van der Waals surface area contributed by atoms with Crippen molar-refractivity contribution in [1.29, 1.82) is 0 Å². The molecular weight excluding hydrogens is 224 g/mol. The monoisotopic (exact) mass is 242 g/mol. The lowest BCUT2D eigenvalue weighted by atomic mass is 9.99. The molecule has 2 atom stereocenters. The van der Waals surface area contributed by atoms with Gasteiger partial charge < -0.3 is 4.74 Å². The molecule has 1 rings (SSSR count). The van der Waals surface area contributed by atoms with Crippen molar-refractivity contribution in [1.82, 2.24) is 9.97 Å². The van der Waals surface area contributed by atoms with Crippen LogP contribution in [0.4, 0.5) is 0 Å². The molecule has 3 nitrogen and oxygen atoms in total. The molecule has 1 heterocycles. The van der Waals surface area contributed by atoms with Crippen molar-refractivity contribution in [3.63, 3.8) is 0 Å². The minimum atomic E-state index is 0.0562. The van der Waals surface area contributed by atoms with Gasteiger partial charge in [0.1, 0.15) is 0 Å². The zero-order valence-electron chi connectivity index (χ0n) is 10.1. The van der Waals surface area contributed by atoms with Crippen molar-refractivity contribution in [3.05, 3.63) is 18.1 Å². The van der Waals surface area contributed by atoms with Gasteiger partial charge in [-0.2, -0.15) is 0 Å². The zero-order chi connectivity index (χ0) is 12.0. The second-order valence-electron chi connectivity index (χ2n) is 3.82. The highest BCUT2D eigenvalue weighted by Gasteiger charge is 2.17. The van der Waals surface area contributed by atoms with Crippen LogP contribution in [0.2, 0.25) is 0 Å². The van der Waals surface area contributed by atoms with Crippen LogP contribution in [0.1, 0.15) is 45.2 Å². The van der Waals surface area contributed by atoms with Crippen LogP contribution >= 0.6 is 11.6 Å². The zero-order valence-corrected chi connectivity index (χ0v) is 10.9. The number of rotatable bonds is 6. The first-order chi connectivity index (χ1) is 7.69. The first-order valence-corrected chi connectivity index (χ1v) is 6.21. The number of ether oxygens (including phenoxy) is 1. The molecule has 0 amide bonds. The number of hydrogen-bond acceptors (Lipinski definition) is 3. The Morgan fingerprint density at radius 1 is 1.38 bits per heavy atom. The average molecular weight is 243 g/mol. The Hall–Kier alpha value is -0.830. The van der Waals surface area contributed by atoms with E-state index in [1.54, 1.807) is 12.4 Å². The smallest absolute Gasteiger partial charge is 0.232 e. The first-order valence-electron chi connectivity index (χ1n) is 5.77. The van der Waals surface area contributed by atoms with Crippen molar-refractivity contribution < 1.29 is 4.74 Å². The third kappa shape index (κ3) is 3.63. The summed E-state index contributed by atoms with van der Waals surface area (Å²) < 4.78 is 5.45. The number of nitrogens with zero attached hydrogens (tertiary/aromatic N) is 2. The van der Waals surface area contributed by atoms with E-state index >= 15 is 0 Å². The molecule has 90 valence electrons. The first kappa shape index (κ1) is 13.2. The van der Waals surface area contributed by atoms with Crippen molar-refractivity contribution in [3.8, 4) is 5.88 Å². The molecule has 0 fully saturated rings. The summed E-state index contributed by atoms with van der Waals surface area (Å²) in [7, 11) is 0. The molecule has 0 aromatic carbocycles. The van der Waals surface area contributed by atoms with Crippen molar-refractivity contribution in [2.24, 2.45) is 0 Å². The average Bonchev–Trinajstić information content (AvgIpc) is 2.27. The molecule has 1 aromatic rings.